The number of anilines is 1. The highest BCUT2D eigenvalue weighted by molar-refractivity contribution is 9.10. The number of carbonyl (C=O) groups excluding carboxylic acids is 1. The van der Waals surface area contributed by atoms with Gasteiger partial charge in [-0.25, -0.2) is 4.98 Å². The smallest absolute Gasteiger partial charge is 0.232 e. The molecule has 1 aliphatic heterocycles. The van der Waals surface area contributed by atoms with Crippen LogP contribution in [0.4, 0.5) is 5.82 Å². The lowest BCUT2D eigenvalue weighted by Gasteiger charge is -2.17. The average Bonchev–Trinajstić information content (AvgIpc) is 2.81. The molecule has 98 valence electrons. The molecule has 1 fully saturated rings. The molecule has 1 aromatic heterocycles. The Kier molecular flexibility index (Phi) is 4.68. The van der Waals surface area contributed by atoms with Gasteiger partial charge in [0.1, 0.15) is 5.82 Å². The Morgan fingerprint density at radius 2 is 2.44 bits per heavy atom. The molecule has 6 heteroatoms. The lowest BCUT2D eigenvalue weighted by molar-refractivity contribution is -0.120. The summed E-state index contributed by atoms with van der Waals surface area (Å²) in [6.45, 7) is 3.87. The van der Waals surface area contributed by atoms with E-state index in [-0.39, 0.29) is 17.9 Å². The summed E-state index contributed by atoms with van der Waals surface area (Å²) in [5.74, 6) is 0.321. The van der Waals surface area contributed by atoms with E-state index >= 15 is 0 Å². The number of halogens is 1. The largest absolute Gasteiger partial charge is 0.379 e. The van der Waals surface area contributed by atoms with E-state index in [2.05, 4.69) is 31.5 Å². The van der Waals surface area contributed by atoms with Crippen molar-refractivity contribution < 1.29 is 9.53 Å². The normalized spacial score (nSPS) is 23.0. The first-order valence-corrected chi connectivity index (χ1v) is 6.74. The highest BCUT2D eigenvalue weighted by atomic mass is 79.9. The summed E-state index contributed by atoms with van der Waals surface area (Å²) < 4.78 is 6.13. The van der Waals surface area contributed by atoms with E-state index in [1.807, 2.05) is 13.0 Å². The fraction of sp³-hybridized carbons (Fsp3) is 0.500. The van der Waals surface area contributed by atoms with Crippen molar-refractivity contribution in [2.24, 2.45) is 5.92 Å². The number of nitrogens with zero attached hydrogens (tertiary/aromatic N) is 1. The molecule has 2 rings (SSSR count). The molecule has 0 saturated carbocycles. The van der Waals surface area contributed by atoms with Gasteiger partial charge in [-0.3, -0.25) is 4.79 Å². The molecular formula is C12H16BrN3O2. The molecule has 0 radical (unpaired) electrons. The molecule has 2 unspecified atom stereocenters. The Labute approximate surface area is 114 Å². The van der Waals surface area contributed by atoms with Crippen molar-refractivity contribution in [3.63, 3.8) is 0 Å². The zero-order chi connectivity index (χ0) is 13.0. The SMILES string of the molecule is CCNC1COCC1C(=O)Nc1ncccc1Br. The summed E-state index contributed by atoms with van der Waals surface area (Å²) >= 11 is 3.36. The predicted molar refractivity (Wildman–Crippen MR) is 72.3 cm³/mol. The monoisotopic (exact) mass is 313 g/mol. The molecule has 1 saturated heterocycles. The topological polar surface area (TPSA) is 63.2 Å². The van der Waals surface area contributed by atoms with Gasteiger partial charge in [-0.05, 0) is 34.6 Å². The number of rotatable bonds is 4. The maximum Gasteiger partial charge on any atom is 0.232 e. The number of hydrogen-bond donors (Lipinski definition) is 2. The van der Waals surface area contributed by atoms with Crippen LogP contribution in [0.1, 0.15) is 6.92 Å². The van der Waals surface area contributed by atoms with Crippen LogP contribution in [0, 0.1) is 5.92 Å². The molecule has 0 aliphatic carbocycles. The van der Waals surface area contributed by atoms with Crippen LogP contribution in [0.15, 0.2) is 22.8 Å². The molecule has 0 bridgehead atoms. The van der Waals surface area contributed by atoms with Crippen LogP contribution in [0.2, 0.25) is 0 Å². The minimum Gasteiger partial charge on any atom is -0.379 e. The lowest BCUT2D eigenvalue weighted by atomic mass is 10.0. The van der Waals surface area contributed by atoms with E-state index in [0.717, 1.165) is 11.0 Å². The molecule has 5 nitrogen and oxygen atoms in total. The quantitative estimate of drug-likeness (QED) is 0.882. The third-order valence-corrected chi connectivity index (χ3v) is 3.52. The maximum atomic E-state index is 12.2. The van der Waals surface area contributed by atoms with Gasteiger partial charge in [0.15, 0.2) is 0 Å². The number of hydrogen-bond acceptors (Lipinski definition) is 4. The third kappa shape index (κ3) is 3.07. The Hall–Kier alpha value is -0.980. The van der Waals surface area contributed by atoms with Gasteiger partial charge in [0.2, 0.25) is 5.91 Å². The van der Waals surface area contributed by atoms with Crippen LogP contribution in [-0.4, -0.2) is 36.7 Å². The van der Waals surface area contributed by atoms with E-state index in [9.17, 15) is 4.79 Å². The Morgan fingerprint density at radius 3 is 3.17 bits per heavy atom. The number of pyridine rings is 1. The Morgan fingerprint density at radius 1 is 1.61 bits per heavy atom. The average molecular weight is 314 g/mol. The van der Waals surface area contributed by atoms with Gasteiger partial charge in [0, 0.05) is 12.2 Å². The van der Waals surface area contributed by atoms with Crippen molar-refractivity contribution in [1.29, 1.82) is 0 Å². The van der Waals surface area contributed by atoms with Crippen molar-refractivity contribution >= 4 is 27.7 Å². The van der Waals surface area contributed by atoms with E-state index < -0.39 is 0 Å². The second-order valence-electron chi connectivity index (χ2n) is 4.13. The van der Waals surface area contributed by atoms with Crippen molar-refractivity contribution in [3.8, 4) is 0 Å². The molecule has 2 atom stereocenters. The summed E-state index contributed by atoms with van der Waals surface area (Å²) in [5.41, 5.74) is 0. The van der Waals surface area contributed by atoms with Gasteiger partial charge in [0.25, 0.3) is 0 Å². The fourth-order valence-corrected chi connectivity index (χ4v) is 2.32. The summed E-state index contributed by atoms with van der Waals surface area (Å²) in [6.07, 6.45) is 1.65. The first-order chi connectivity index (χ1) is 8.72. The standard InChI is InChI=1S/C12H16BrN3O2/c1-2-14-10-7-18-6-8(10)12(17)16-11-9(13)4-3-5-15-11/h3-5,8,10,14H,2,6-7H2,1H3,(H,15,16,17). The van der Waals surface area contributed by atoms with E-state index in [0.29, 0.717) is 19.0 Å². The molecule has 1 amide bonds. The minimum atomic E-state index is -0.168. The van der Waals surface area contributed by atoms with Crippen LogP contribution in [0.25, 0.3) is 0 Å². The summed E-state index contributed by atoms with van der Waals surface area (Å²) in [6, 6.07) is 3.73. The van der Waals surface area contributed by atoms with Gasteiger partial charge in [-0.1, -0.05) is 6.92 Å². The number of nitrogens with one attached hydrogen (secondary N) is 2. The lowest BCUT2D eigenvalue weighted by Crippen LogP contribution is -2.41. The Bertz CT molecular complexity index is 428. The van der Waals surface area contributed by atoms with Crippen molar-refractivity contribution in [2.45, 2.75) is 13.0 Å². The van der Waals surface area contributed by atoms with E-state index in [1.54, 1.807) is 12.3 Å². The number of carbonyl (C=O) groups is 1. The van der Waals surface area contributed by atoms with Crippen LogP contribution >= 0.6 is 15.9 Å². The van der Waals surface area contributed by atoms with Crippen LogP contribution in [-0.2, 0) is 9.53 Å². The Balaban J connectivity index is 2.01. The number of ether oxygens (including phenoxy) is 1. The number of aromatic nitrogens is 1. The van der Waals surface area contributed by atoms with Gasteiger partial charge >= 0.3 is 0 Å². The summed E-state index contributed by atoms with van der Waals surface area (Å²) in [5, 5.41) is 6.08. The van der Waals surface area contributed by atoms with Crippen LogP contribution in [0.3, 0.4) is 0 Å². The predicted octanol–water partition coefficient (Wildman–Crippen LogP) is 1.41. The molecule has 0 aromatic carbocycles. The van der Waals surface area contributed by atoms with E-state index in [4.69, 9.17) is 4.74 Å². The molecule has 0 spiro atoms. The highest BCUT2D eigenvalue weighted by Gasteiger charge is 2.33. The minimum absolute atomic E-state index is 0.0575. The van der Waals surface area contributed by atoms with Crippen LogP contribution in [0.5, 0.6) is 0 Å². The zero-order valence-corrected chi connectivity index (χ0v) is 11.7. The molecule has 2 heterocycles. The van der Waals surface area contributed by atoms with Crippen LogP contribution < -0.4 is 10.6 Å². The fourth-order valence-electron chi connectivity index (χ4n) is 1.96. The molecule has 2 N–H and O–H groups in total. The van der Waals surface area contributed by atoms with Gasteiger partial charge in [-0.15, -0.1) is 0 Å². The van der Waals surface area contributed by atoms with E-state index in [1.165, 1.54) is 0 Å². The van der Waals surface area contributed by atoms with Crippen molar-refractivity contribution in [2.75, 3.05) is 25.1 Å². The van der Waals surface area contributed by atoms with Crippen molar-refractivity contribution in [1.82, 2.24) is 10.3 Å². The van der Waals surface area contributed by atoms with Crippen molar-refractivity contribution in [3.05, 3.63) is 22.8 Å². The molecule has 18 heavy (non-hydrogen) atoms. The summed E-state index contributed by atoms with van der Waals surface area (Å²) in [4.78, 5) is 16.3. The second-order valence-corrected chi connectivity index (χ2v) is 4.99. The number of likely N-dealkylation sites (N-methyl/N-ethyl adjacent to an activating group) is 1. The van der Waals surface area contributed by atoms with Gasteiger partial charge < -0.3 is 15.4 Å². The second kappa shape index (κ2) is 6.26. The first kappa shape index (κ1) is 13.5. The summed E-state index contributed by atoms with van der Waals surface area (Å²) in [7, 11) is 0. The first-order valence-electron chi connectivity index (χ1n) is 5.95. The van der Waals surface area contributed by atoms with Gasteiger partial charge in [-0.2, -0.15) is 0 Å². The molecule has 1 aromatic rings. The zero-order valence-electron chi connectivity index (χ0n) is 10.1. The molecule has 1 aliphatic rings. The maximum absolute atomic E-state index is 12.2. The highest BCUT2D eigenvalue weighted by Crippen LogP contribution is 2.21. The third-order valence-electron chi connectivity index (χ3n) is 2.88. The molecular weight excluding hydrogens is 298 g/mol. The number of amides is 1. The van der Waals surface area contributed by atoms with Gasteiger partial charge in [0.05, 0.1) is 23.6 Å².